The minimum absolute atomic E-state index is 0.279. The number of carbonyl (C=O) groups is 1. The lowest BCUT2D eigenvalue weighted by Crippen LogP contribution is -2.12. The summed E-state index contributed by atoms with van der Waals surface area (Å²) in [4.78, 5) is 12.2. The molecule has 0 spiro atoms. The average molecular weight is 335 g/mol. The van der Waals surface area contributed by atoms with Gasteiger partial charge in [0.05, 0.1) is 0 Å². The van der Waals surface area contributed by atoms with Crippen LogP contribution in [0, 0.1) is 12.7 Å². The Morgan fingerprint density at radius 2 is 1.72 bits per heavy atom. The molecule has 0 unspecified atom stereocenters. The van der Waals surface area contributed by atoms with E-state index in [1.165, 1.54) is 6.07 Å². The third-order valence-corrected chi connectivity index (χ3v) is 3.79. The molecule has 3 nitrogen and oxygen atoms in total. The molecule has 0 saturated heterocycles. The van der Waals surface area contributed by atoms with Gasteiger partial charge in [0, 0.05) is 11.3 Å². The summed E-state index contributed by atoms with van der Waals surface area (Å²) in [5.74, 6) is 0.177. The van der Waals surface area contributed by atoms with E-state index in [0.29, 0.717) is 23.4 Å². The number of nitrogens with one attached hydrogen (secondary N) is 1. The van der Waals surface area contributed by atoms with Crippen molar-refractivity contribution in [2.45, 2.75) is 13.5 Å². The second-order valence-electron chi connectivity index (χ2n) is 5.72. The maximum absolute atomic E-state index is 13.5. The molecule has 3 aromatic rings. The second-order valence-corrected chi connectivity index (χ2v) is 5.72. The predicted molar refractivity (Wildman–Crippen MR) is 96.3 cm³/mol. The maximum Gasteiger partial charge on any atom is 0.255 e. The Morgan fingerprint density at radius 3 is 2.40 bits per heavy atom. The fraction of sp³-hybridized carbons (Fsp3) is 0.0952. The van der Waals surface area contributed by atoms with Crippen LogP contribution < -0.4 is 10.1 Å². The summed E-state index contributed by atoms with van der Waals surface area (Å²) in [6, 6.07) is 21.3. The van der Waals surface area contributed by atoms with Crippen molar-refractivity contribution >= 4 is 11.6 Å². The molecule has 0 aromatic heterocycles. The number of rotatable bonds is 5. The van der Waals surface area contributed by atoms with E-state index in [9.17, 15) is 9.18 Å². The van der Waals surface area contributed by atoms with Crippen LogP contribution in [-0.4, -0.2) is 5.91 Å². The molecule has 1 N–H and O–H groups in total. The van der Waals surface area contributed by atoms with Gasteiger partial charge < -0.3 is 10.1 Å². The monoisotopic (exact) mass is 335 g/mol. The molecule has 0 saturated carbocycles. The minimum atomic E-state index is -0.341. The van der Waals surface area contributed by atoms with Crippen LogP contribution in [0.1, 0.15) is 21.5 Å². The average Bonchev–Trinajstić information content (AvgIpc) is 2.64. The Morgan fingerprint density at radius 1 is 1.00 bits per heavy atom. The van der Waals surface area contributed by atoms with Gasteiger partial charge in [-0.15, -0.1) is 0 Å². The van der Waals surface area contributed by atoms with E-state index in [2.05, 4.69) is 5.32 Å². The summed E-state index contributed by atoms with van der Waals surface area (Å²) in [6.07, 6.45) is 0. The zero-order valence-corrected chi connectivity index (χ0v) is 13.8. The zero-order chi connectivity index (χ0) is 17.6. The highest BCUT2D eigenvalue weighted by Crippen LogP contribution is 2.16. The molecule has 0 fully saturated rings. The highest BCUT2D eigenvalue weighted by atomic mass is 19.1. The van der Waals surface area contributed by atoms with Crippen molar-refractivity contribution in [3.05, 3.63) is 95.3 Å². The first-order valence-electron chi connectivity index (χ1n) is 7.96. The van der Waals surface area contributed by atoms with E-state index < -0.39 is 0 Å². The van der Waals surface area contributed by atoms with Crippen molar-refractivity contribution in [3.63, 3.8) is 0 Å². The molecule has 0 radical (unpaired) electrons. The van der Waals surface area contributed by atoms with Gasteiger partial charge in [-0.2, -0.15) is 0 Å². The summed E-state index contributed by atoms with van der Waals surface area (Å²) in [7, 11) is 0. The van der Waals surface area contributed by atoms with E-state index in [1.807, 2.05) is 42.5 Å². The van der Waals surface area contributed by atoms with E-state index in [0.717, 1.165) is 11.3 Å². The van der Waals surface area contributed by atoms with Crippen molar-refractivity contribution in [2.24, 2.45) is 0 Å². The van der Waals surface area contributed by atoms with E-state index in [4.69, 9.17) is 4.74 Å². The number of anilines is 1. The number of ether oxygens (including phenoxy) is 1. The fourth-order valence-electron chi connectivity index (χ4n) is 2.31. The minimum Gasteiger partial charge on any atom is -0.489 e. The molecule has 126 valence electrons. The normalized spacial score (nSPS) is 10.3. The zero-order valence-electron chi connectivity index (χ0n) is 13.8. The predicted octanol–water partition coefficient (Wildman–Crippen LogP) is 4.97. The third-order valence-electron chi connectivity index (χ3n) is 3.79. The number of hydrogen-bond acceptors (Lipinski definition) is 2. The van der Waals surface area contributed by atoms with Gasteiger partial charge in [0.25, 0.3) is 5.91 Å². The standard InChI is InChI=1S/C21H18FNO2/c1-15-7-12-18(13-20(15)22)23-21(24)17-10-8-16(9-11-17)14-25-19-5-3-2-4-6-19/h2-13H,14H2,1H3,(H,23,24). The molecule has 0 bridgehead atoms. The molecule has 25 heavy (non-hydrogen) atoms. The molecule has 3 rings (SSSR count). The highest BCUT2D eigenvalue weighted by molar-refractivity contribution is 6.04. The number of benzene rings is 3. The van der Waals surface area contributed by atoms with Crippen LogP contribution in [0.25, 0.3) is 0 Å². The van der Waals surface area contributed by atoms with Crippen LogP contribution >= 0.6 is 0 Å². The van der Waals surface area contributed by atoms with Crippen LogP contribution in [-0.2, 0) is 6.61 Å². The number of aryl methyl sites for hydroxylation is 1. The smallest absolute Gasteiger partial charge is 0.255 e. The van der Waals surface area contributed by atoms with Crippen LogP contribution in [0.5, 0.6) is 5.75 Å². The number of hydrogen-bond donors (Lipinski definition) is 1. The van der Waals surface area contributed by atoms with Gasteiger partial charge >= 0.3 is 0 Å². The molecule has 0 atom stereocenters. The summed E-state index contributed by atoms with van der Waals surface area (Å²) in [5.41, 5.74) is 2.44. The number of amides is 1. The van der Waals surface area contributed by atoms with Crippen molar-refractivity contribution in [1.82, 2.24) is 0 Å². The summed E-state index contributed by atoms with van der Waals surface area (Å²) in [5, 5.41) is 2.69. The van der Waals surface area contributed by atoms with Crippen molar-refractivity contribution in [2.75, 3.05) is 5.32 Å². The molecule has 3 aromatic carbocycles. The topological polar surface area (TPSA) is 38.3 Å². The van der Waals surface area contributed by atoms with Gasteiger partial charge in [-0.25, -0.2) is 4.39 Å². The first-order chi connectivity index (χ1) is 12.1. The molecule has 0 aliphatic heterocycles. The van der Waals surface area contributed by atoms with Crippen LogP contribution in [0.2, 0.25) is 0 Å². The van der Waals surface area contributed by atoms with Crippen LogP contribution in [0.3, 0.4) is 0 Å². The number of halogens is 1. The van der Waals surface area contributed by atoms with Crippen LogP contribution in [0.4, 0.5) is 10.1 Å². The van der Waals surface area contributed by atoms with E-state index >= 15 is 0 Å². The SMILES string of the molecule is Cc1ccc(NC(=O)c2ccc(COc3ccccc3)cc2)cc1F. The first kappa shape index (κ1) is 16.7. The molecule has 0 heterocycles. The lowest BCUT2D eigenvalue weighted by atomic mass is 10.1. The fourth-order valence-corrected chi connectivity index (χ4v) is 2.31. The van der Waals surface area contributed by atoms with Crippen molar-refractivity contribution in [3.8, 4) is 5.75 Å². The van der Waals surface area contributed by atoms with Crippen molar-refractivity contribution in [1.29, 1.82) is 0 Å². The molecular formula is C21H18FNO2. The largest absolute Gasteiger partial charge is 0.489 e. The Balaban J connectivity index is 1.61. The number of para-hydroxylation sites is 1. The molecular weight excluding hydrogens is 317 g/mol. The van der Waals surface area contributed by atoms with Gasteiger partial charge in [-0.05, 0) is 54.4 Å². The number of carbonyl (C=O) groups excluding carboxylic acids is 1. The van der Waals surface area contributed by atoms with Gasteiger partial charge in [-0.1, -0.05) is 36.4 Å². The summed E-state index contributed by atoms with van der Waals surface area (Å²) in [6.45, 7) is 2.10. The quantitative estimate of drug-likeness (QED) is 0.715. The molecule has 0 aliphatic rings. The van der Waals surface area contributed by atoms with Gasteiger partial charge in [0.1, 0.15) is 18.2 Å². The highest BCUT2D eigenvalue weighted by Gasteiger charge is 2.07. The summed E-state index contributed by atoms with van der Waals surface area (Å²) < 4.78 is 19.2. The Kier molecular flexibility index (Phi) is 5.09. The van der Waals surface area contributed by atoms with E-state index in [1.54, 1.807) is 31.2 Å². The third kappa shape index (κ3) is 4.44. The van der Waals surface area contributed by atoms with Crippen molar-refractivity contribution < 1.29 is 13.9 Å². The van der Waals surface area contributed by atoms with Gasteiger partial charge in [0.2, 0.25) is 0 Å². The van der Waals surface area contributed by atoms with Crippen LogP contribution in [0.15, 0.2) is 72.8 Å². The van der Waals surface area contributed by atoms with Gasteiger partial charge in [0.15, 0.2) is 0 Å². The Labute approximate surface area is 146 Å². The Hall–Kier alpha value is -3.14. The second kappa shape index (κ2) is 7.62. The molecule has 0 aliphatic carbocycles. The molecule has 4 heteroatoms. The van der Waals surface area contributed by atoms with E-state index in [-0.39, 0.29) is 11.7 Å². The lowest BCUT2D eigenvalue weighted by molar-refractivity contribution is 0.102. The summed E-state index contributed by atoms with van der Waals surface area (Å²) >= 11 is 0. The first-order valence-corrected chi connectivity index (χ1v) is 7.96. The maximum atomic E-state index is 13.5. The Bertz CT molecular complexity index is 861. The van der Waals surface area contributed by atoms with Gasteiger partial charge in [-0.3, -0.25) is 4.79 Å². The molecule has 1 amide bonds. The lowest BCUT2D eigenvalue weighted by Gasteiger charge is -2.08.